The fraction of sp³-hybridized carbons (Fsp3) is 0.391. The summed E-state index contributed by atoms with van der Waals surface area (Å²) in [5.74, 6) is 1.60. The average molecular weight is 539 g/mol. The van der Waals surface area contributed by atoms with E-state index >= 15 is 0 Å². The molecule has 0 radical (unpaired) electrons. The van der Waals surface area contributed by atoms with Gasteiger partial charge < -0.3 is 26.0 Å². The van der Waals surface area contributed by atoms with E-state index in [2.05, 4.69) is 26.3 Å². The first-order valence-corrected chi connectivity index (χ1v) is 10.2. The molecule has 2 amide bonds. The molecule has 0 fully saturated rings. The number of amides is 2. The number of benzene rings is 2. The summed E-state index contributed by atoms with van der Waals surface area (Å²) in [5, 5.41) is 12.2. The van der Waals surface area contributed by atoms with Gasteiger partial charge in [-0.25, -0.2) is 4.79 Å². The van der Waals surface area contributed by atoms with Gasteiger partial charge in [0.1, 0.15) is 11.9 Å². The molecule has 1 unspecified atom stereocenters. The van der Waals surface area contributed by atoms with Crippen LogP contribution < -0.4 is 26.0 Å². The zero-order valence-corrected chi connectivity index (χ0v) is 21.2. The van der Waals surface area contributed by atoms with E-state index in [-0.39, 0.29) is 42.2 Å². The van der Waals surface area contributed by atoms with Gasteiger partial charge in [0.25, 0.3) is 0 Å². The predicted molar refractivity (Wildman–Crippen MR) is 139 cm³/mol. The summed E-state index contributed by atoms with van der Waals surface area (Å²) in [6.45, 7) is 9.14. The Morgan fingerprint density at radius 2 is 1.71 bits per heavy atom. The number of anilines is 1. The number of halogens is 1. The number of para-hydroxylation sites is 1. The number of urea groups is 1. The van der Waals surface area contributed by atoms with E-state index in [1.165, 1.54) is 0 Å². The van der Waals surface area contributed by atoms with E-state index in [9.17, 15) is 4.79 Å². The second-order valence-corrected chi connectivity index (χ2v) is 7.45. The number of rotatable bonds is 8. The van der Waals surface area contributed by atoms with Crippen molar-refractivity contribution < 1.29 is 9.53 Å². The second-order valence-electron chi connectivity index (χ2n) is 7.45. The van der Waals surface area contributed by atoms with Gasteiger partial charge in [-0.05, 0) is 57.0 Å². The molecule has 0 heterocycles. The molecule has 8 heteroatoms. The maximum atomic E-state index is 11.8. The third kappa shape index (κ3) is 9.91. The number of guanidine groups is 1. The van der Waals surface area contributed by atoms with Crippen LogP contribution in [0.25, 0.3) is 0 Å². The van der Waals surface area contributed by atoms with E-state index in [0.717, 1.165) is 22.6 Å². The second kappa shape index (κ2) is 13.7. The van der Waals surface area contributed by atoms with Crippen LogP contribution in [-0.2, 0) is 6.54 Å². The van der Waals surface area contributed by atoms with Gasteiger partial charge in [-0.3, -0.25) is 4.99 Å². The molecule has 0 aliphatic heterocycles. The molecule has 0 aromatic heterocycles. The van der Waals surface area contributed by atoms with Gasteiger partial charge in [-0.2, -0.15) is 0 Å². The Morgan fingerprint density at radius 3 is 2.32 bits per heavy atom. The molecule has 0 bridgehead atoms. The minimum atomic E-state index is -0.206. The van der Waals surface area contributed by atoms with Crippen molar-refractivity contribution in [3.8, 4) is 5.75 Å². The van der Waals surface area contributed by atoms with Crippen molar-refractivity contribution >= 4 is 41.7 Å². The number of ether oxygens (including phenoxy) is 1. The molecule has 4 N–H and O–H groups in total. The first-order chi connectivity index (χ1) is 14.4. The first-order valence-electron chi connectivity index (χ1n) is 10.2. The number of carbonyl (C=O) groups excluding carboxylic acids is 1. The fourth-order valence-electron chi connectivity index (χ4n) is 2.73. The molecule has 2 aromatic rings. The maximum absolute atomic E-state index is 11.8. The van der Waals surface area contributed by atoms with Crippen LogP contribution in [0, 0.1) is 6.92 Å². The summed E-state index contributed by atoms with van der Waals surface area (Å²) >= 11 is 0. The third-order valence-electron chi connectivity index (χ3n) is 4.29. The largest absolute Gasteiger partial charge is 0.489 e. The van der Waals surface area contributed by atoms with Gasteiger partial charge in [0.15, 0.2) is 5.96 Å². The van der Waals surface area contributed by atoms with Crippen LogP contribution in [0.4, 0.5) is 10.5 Å². The van der Waals surface area contributed by atoms with E-state index in [1.54, 1.807) is 7.05 Å². The molecule has 0 aliphatic rings. The van der Waals surface area contributed by atoms with Gasteiger partial charge in [-0.15, -0.1) is 24.0 Å². The number of aryl methyl sites for hydroxylation is 1. The van der Waals surface area contributed by atoms with Crippen LogP contribution in [0.1, 0.15) is 31.9 Å². The highest BCUT2D eigenvalue weighted by atomic mass is 127. The van der Waals surface area contributed by atoms with Crippen molar-refractivity contribution in [1.29, 1.82) is 0 Å². The van der Waals surface area contributed by atoms with E-state index in [4.69, 9.17) is 4.74 Å². The third-order valence-corrected chi connectivity index (χ3v) is 4.29. The van der Waals surface area contributed by atoms with Crippen molar-refractivity contribution in [2.45, 2.75) is 46.4 Å². The molecule has 0 saturated heterocycles. The lowest BCUT2D eigenvalue weighted by Crippen LogP contribution is -2.41. The molecule has 2 rings (SSSR count). The summed E-state index contributed by atoms with van der Waals surface area (Å²) in [7, 11) is 1.74. The Bertz CT molecular complexity index is 840. The zero-order chi connectivity index (χ0) is 21.9. The van der Waals surface area contributed by atoms with Crippen LogP contribution in [0.3, 0.4) is 0 Å². The summed E-state index contributed by atoms with van der Waals surface area (Å²) in [4.78, 5) is 16.0. The van der Waals surface area contributed by atoms with Gasteiger partial charge in [-0.1, -0.05) is 30.3 Å². The van der Waals surface area contributed by atoms with Crippen molar-refractivity contribution in [1.82, 2.24) is 16.0 Å². The molecule has 1 atom stereocenters. The summed E-state index contributed by atoms with van der Waals surface area (Å²) in [6.07, 6.45) is -0.00741. The SMILES string of the molecule is CN=C(NCc1ccc(NC(=O)NC(C)C)cc1)NCC(C)Oc1ccccc1C.I. The number of aliphatic imine (C=N–C) groups is 1. The Balaban J connectivity index is 0.00000480. The first kappa shape index (κ1) is 26.5. The quantitative estimate of drug-likeness (QED) is 0.229. The van der Waals surface area contributed by atoms with Crippen molar-refractivity contribution in [3.63, 3.8) is 0 Å². The molecule has 170 valence electrons. The van der Waals surface area contributed by atoms with E-state index in [0.29, 0.717) is 19.0 Å². The monoisotopic (exact) mass is 539 g/mol. The maximum Gasteiger partial charge on any atom is 0.319 e. The molecule has 7 nitrogen and oxygen atoms in total. The lowest BCUT2D eigenvalue weighted by atomic mass is 10.2. The highest BCUT2D eigenvalue weighted by Crippen LogP contribution is 2.17. The number of nitrogens with zero attached hydrogens (tertiary/aromatic N) is 1. The topological polar surface area (TPSA) is 86.8 Å². The fourth-order valence-corrected chi connectivity index (χ4v) is 2.73. The van der Waals surface area contributed by atoms with Crippen molar-refractivity contribution in [2.24, 2.45) is 4.99 Å². The minimum absolute atomic E-state index is 0. The molecule has 0 aliphatic carbocycles. The molecular formula is C23H34IN5O2. The van der Waals surface area contributed by atoms with Gasteiger partial charge in [0.2, 0.25) is 0 Å². The number of carbonyl (C=O) groups is 1. The highest BCUT2D eigenvalue weighted by molar-refractivity contribution is 14.0. The molecule has 31 heavy (non-hydrogen) atoms. The normalized spacial score (nSPS) is 11.9. The van der Waals surface area contributed by atoms with Crippen LogP contribution in [0.2, 0.25) is 0 Å². The molecule has 2 aromatic carbocycles. The van der Waals surface area contributed by atoms with E-state index < -0.39 is 0 Å². The van der Waals surface area contributed by atoms with Crippen molar-refractivity contribution in [3.05, 3.63) is 59.7 Å². The zero-order valence-electron chi connectivity index (χ0n) is 18.9. The van der Waals surface area contributed by atoms with Crippen LogP contribution >= 0.6 is 24.0 Å². The number of nitrogens with one attached hydrogen (secondary N) is 4. The van der Waals surface area contributed by atoms with Crippen LogP contribution in [0.15, 0.2) is 53.5 Å². The summed E-state index contributed by atoms with van der Waals surface area (Å²) in [5.41, 5.74) is 2.95. The van der Waals surface area contributed by atoms with Gasteiger partial charge >= 0.3 is 6.03 Å². The Hall–Kier alpha value is -2.49. The molecular weight excluding hydrogens is 505 g/mol. The highest BCUT2D eigenvalue weighted by Gasteiger charge is 2.08. The predicted octanol–water partition coefficient (Wildman–Crippen LogP) is 4.28. The Kier molecular flexibility index (Phi) is 11.8. The van der Waals surface area contributed by atoms with E-state index in [1.807, 2.05) is 76.2 Å². The minimum Gasteiger partial charge on any atom is -0.489 e. The number of hydrogen-bond acceptors (Lipinski definition) is 3. The molecule has 0 spiro atoms. The van der Waals surface area contributed by atoms with Crippen LogP contribution in [0.5, 0.6) is 5.75 Å². The smallest absolute Gasteiger partial charge is 0.319 e. The summed E-state index contributed by atoms with van der Waals surface area (Å²) < 4.78 is 5.99. The molecule has 0 saturated carbocycles. The van der Waals surface area contributed by atoms with Gasteiger partial charge in [0, 0.05) is 25.3 Å². The van der Waals surface area contributed by atoms with Crippen molar-refractivity contribution in [2.75, 3.05) is 18.9 Å². The summed E-state index contributed by atoms with van der Waals surface area (Å²) in [6, 6.07) is 15.6. The lowest BCUT2D eigenvalue weighted by Gasteiger charge is -2.19. The Morgan fingerprint density at radius 1 is 1.03 bits per heavy atom. The van der Waals surface area contributed by atoms with Gasteiger partial charge in [0.05, 0.1) is 6.54 Å². The Labute approximate surface area is 202 Å². The number of hydrogen-bond donors (Lipinski definition) is 4. The van der Waals surface area contributed by atoms with Crippen LogP contribution in [-0.4, -0.2) is 37.7 Å². The standard InChI is InChI=1S/C23H33N5O2.HI/c1-16(2)27-23(29)28-20-12-10-19(11-13-20)15-26-22(24-5)25-14-18(4)30-21-9-7-6-8-17(21)3;/h6-13,16,18H,14-15H2,1-5H3,(H2,24,25,26)(H2,27,28,29);1H. The average Bonchev–Trinajstić information content (AvgIpc) is 2.70. The lowest BCUT2D eigenvalue weighted by molar-refractivity contribution is 0.222.